The molecule has 3 atom stereocenters. The number of hydrogen-bond acceptors (Lipinski definition) is 6. The molecule has 1 aliphatic carbocycles. The molecule has 0 spiro atoms. The van der Waals surface area contributed by atoms with Crippen molar-refractivity contribution in [1.82, 2.24) is 15.0 Å². The van der Waals surface area contributed by atoms with Crippen molar-refractivity contribution in [2.24, 2.45) is 0 Å². The van der Waals surface area contributed by atoms with E-state index >= 15 is 0 Å². The lowest BCUT2D eigenvalue weighted by Gasteiger charge is -2.15. The Morgan fingerprint density at radius 1 is 1.12 bits per heavy atom. The Morgan fingerprint density at radius 3 is 2.52 bits per heavy atom. The van der Waals surface area contributed by atoms with E-state index in [9.17, 15) is 10.2 Å². The predicted molar refractivity (Wildman–Crippen MR) is 101 cm³/mol. The minimum atomic E-state index is -0.606. The Hall–Kier alpha value is -1.80. The second kappa shape index (κ2) is 8.05. The molecule has 3 aromatic rings. The van der Waals surface area contributed by atoms with Gasteiger partial charge >= 0.3 is 0 Å². The number of aliphatic hydroxyl groups is 2. The number of nitrogens with two attached hydrogens (primary N) is 1. The summed E-state index contributed by atoms with van der Waals surface area (Å²) in [6.07, 6.45) is 3.60. The van der Waals surface area contributed by atoms with E-state index in [0.29, 0.717) is 17.3 Å². The highest BCUT2D eigenvalue weighted by atomic mass is 35.5. The van der Waals surface area contributed by atoms with E-state index < -0.39 is 12.2 Å². The van der Waals surface area contributed by atoms with E-state index in [-0.39, 0.29) is 5.25 Å². The van der Waals surface area contributed by atoms with Crippen LogP contribution in [0.2, 0.25) is 5.02 Å². The van der Waals surface area contributed by atoms with Gasteiger partial charge in [-0.1, -0.05) is 11.6 Å². The Labute approximate surface area is 154 Å². The van der Waals surface area contributed by atoms with Gasteiger partial charge in [-0.25, -0.2) is 9.97 Å². The van der Waals surface area contributed by atoms with Crippen LogP contribution in [-0.4, -0.2) is 42.6 Å². The molecule has 1 aliphatic rings. The summed E-state index contributed by atoms with van der Waals surface area (Å²) in [6.45, 7) is 0. The van der Waals surface area contributed by atoms with Crippen molar-refractivity contribution in [3.8, 4) is 0 Å². The average molecular weight is 379 g/mol. The lowest BCUT2D eigenvalue weighted by atomic mass is 10.3. The van der Waals surface area contributed by atoms with Crippen molar-refractivity contribution in [2.45, 2.75) is 35.2 Å². The van der Waals surface area contributed by atoms with Gasteiger partial charge in [0, 0.05) is 21.4 Å². The maximum atomic E-state index is 9.68. The molecule has 0 amide bonds. The van der Waals surface area contributed by atoms with E-state index in [1.807, 2.05) is 30.3 Å². The first kappa shape index (κ1) is 18.0. The number of nitrogens with zero attached hydrogens (tertiary/aromatic N) is 2. The number of aliphatic hydroxyl groups excluding tert-OH is 2. The number of H-pyrrole nitrogens is 1. The van der Waals surface area contributed by atoms with Crippen molar-refractivity contribution in [3.05, 3.63) is 47.9 Å². The second-order valence-electron chi connectivity index (χ2n) is 5.74. The Morgan fingerprint density at radius 2 is 1.88 bits per heavy atom. The van der Waals surface area contributed by atoms with Crippen LogP contribution in [0.3, 0.4) is 0 Å². The van der Waals surface area contributed by atoms with Crippen LogP contribution in [0.25, 0.3) is 11.0 Å². The van der Waals surface area contributed by atoms with Gasteiger partial charge in [0.1, 0.15) is 17.8 Å². The van der Waals surface area contributed by atoms with Crippen molar-refractivity contribution >= 4 is 40.2 Å². The number of nitrogens with one attached hydrogen (secondary N) is 1. The SMILES string of the molecule is Nc1ncnc2[nH]ccc12.OC1CCC(Sc2ccc(Cl)cc2)C1O. The standard InChI is InChI=1S/C11H13ClO2S.C6H6N4/c12-7-1-3-8(4-2-7)15-10-6-5-9(13)11(10)14;7-5-4-1-2-8-6(4)10-3-9-5/h1-4,9-11,13-14H,5-6H2;1-3H,(H3,7,8,9,10). The molecule has 1 saturated carbocycles. The van der Waals surface area contributed by atoms with Gasteiger partial charge < -0.3 is 20.9 Å². The number of hydrogen-bond donors (Lipinski definition) is 4. The lowest BCUT2D eigenvalue weighted by Crippen LogP contribution is -2.26. The van der Waals surface area contributed by atoms with Crippen LogP contribution in [0.1, 0.15) is 12.8 Å². The zero-order valence-electron chi connectivity index (χ0n) is 13.3. The zero-order valence-corrected chi connectivity index (χ0v) is 14.9. The van der Waals surface area contributed by atoms with Crippen molar-refractivity contribution in [2.75, 3.05) is 5.73 Å². The molecular weight excluding hydrogens is 360 g/mol. The third-order valence-electron chi connectivity index (χ3n) is 4.01. The molecule has 0 aliphatic heterocycles. The Kier molecular flexibility index (Phi) is 5.80. The van der Waals surface area contributed by atoms with Gasteiger partial charge in [-0.2, -0.15) is 0 Å². The Balaban J connectivity index is 0.000000157. The molecule has 25 heavy (non-hydrogen) atoms. The van der Waals surface area contributed by atoms with Crippen molar-refractivity contribution in [3.63, 3.8) is 0 Å². The first-order chi connectivity index (χ1) is 12.0. The summed E-state index contributed by atoms with van der Waals surface area (Å²) in [4.78, 5) is 11.8. The first-order valence-corrected chi connectivity index (χ1v) is 9.12. The van der Waals surface area contributed by atoms with Gasteiger partial charge in [0.2, 0.25) is 0 Å². The minimum Gasteiger partial charge on any atom is -0.390 e. The Bertz CT molecular complexity index is 827. The zero-order chi connectivity index (χ0) is 17.8. The van der Waals surface area contributed by atoms with E-state index in [2.05, 4.69) is 15.0 Å². The van der Waals surface area contributed by atoms with Crippen LogP contribution in [0.15, 0.2) is 47.8 Å². The van der Waals surface area contributed by atoms with E-state index in [4.69, 9.17) is 17.3 Å². The highest BCUT2D eigenvalue weighted by Gasteiger charge is 2.33. The number of halogens is 1. The number of nitrogen functional groups attached to an aromatic ring is 1. The van der Waals surface area contributed by atoms with Crippen LogP contribution in [-0.2, 0) is 0 Å². The molecule has 4 rings (SSSR count). The minimum absolute atomic E-state index is 0.0983. The number of anilines is 1. The molecule has 5 N–H and O–H groups in total. The maximum absolute atomic E-state index is 9.68. The molecule has 1 aromatic carbocycles. The molecule has 0 saturated heterocycles. The highest BCUT2D eigenvalue weighted by Crippen LogP contribution is 2.35. The molecule has 6 nitrogen and oxygen atoms in total. The lowest BCUT2D eigenvalue weighted by molar-refractivity contribution is 0.0463. The fourth-order valence-corrected chi connectivity index (χ4v) is 3.98. The summed E-state index contributed by atoms with van der Waals surface area (Å²) in [6, 6.07) is 9.39. The summed E-state index contributed by atoms with van der Waals surface area (Å²) in [7, 11) is 0. The van der Waals surface area contributed by atoms with Crippen molar-refractivity contribution in [1.29, 1.82) is 0 Å². The normalized spacial score (nSPS) is 22.6. The molecule has 2 heterocycles. The predicted octanol–water partition coefficient (Wildman–Crippen LogP) is 2.86. The molecule has 132 valence electrons. The fourth-order valence-electron chi connectivity index (χ4n) is 2.63. The smallest absolute Gasteiger partial charge is 0.142 e. The molecule has 8 heteroatoms. The number of aromatic amines is 1. The van der Waals surface area contributed by atoms with Gasteiger partial charge in [-0.05, 0) is 43.2 Å². The van der Waals surface area contributed by atoms with Gasteiger partial charge in [0.25, 0.3) is 0 Å². The molecular formula is C17H19ClN4O2S. The van der Waals surface area contributed by atoms with Gasteiger partial charge in [0.05, 0.1) is 17.6 Å². The summed E-state index contributed by atoms with van der Waals surface area (Å²) in [5.41, 5.74) is 6.31. The highest BCUT2D eigenvalue weighted by molar-refractivity contribution is 8.00. The number of rotatable bonds is 2. The molecule has 0 bridgehead atoms. The third kappa shape index (κ3) is 4.43. The van der Waals surface area contributed by atoms with E-state index in [0.717, 1.165) is 22.3 Å². The summed E-state index contributed by atoms with van der Waals surface area (Å²) in [5, 5.41) is 20.8. The van der Waals surface area contributed by atoms with Crippen LogP contribution >= 0.6 is 23.4 Å². The fraction of sp³-hybridized carbons (Fsp3) is 0.294. The molecule has 1 fully saturated rings. The third-order valence-corrected chi connectivity index (χ3v) is 5.62. The van der Waals surface area contributed by atoms with Gasteiger partial charge in [-0.3, -0.25) is 0 Å². The van der Waals surface area contributed by atoms with Gasteiger partial charge in [0.15, 0.2) is 0 Å². The van der Waals surface area contributed by atoms with Crippen LogP contribution in [0.5, 0.6) is 0 Å². The number of thioether (sulfide) groups is 1. The van der Waals surface area contributed by atoms with Crippen LogP contribution in [0, 0.1) is 0 Å². The van der Waals surface area contributed by atoms with Crippen molar-refractivity contribution < 1.29 is 10.2 Å². The summed E-state index contributed by atoms with van der Waals surface area (Å²) in [5.74, 6) is 0.520. The van der Waals surface area contributed by atoms with E-state index in [1.165, 1.54) is 6.33 Å². The molecule has 3 unspecified atom stereocenters. The monoisotopic (exact) mass is 378 g/mol. The number of benzene rings is 1. The topological polar surface area (TPSA) is 108 Å². The quantitative estimate of drug-likeness (QED) is 0.546. The number of fused-ring (bicyclic) bond motifs is 1. The maximum Gasteiger partial charge on any atom is 0.142 e. The molecule has 2 aromatic heterocycles. The van der Waals surface area contributed by atoms with Crippen LogP contribution < -0.4 is 5.73 Å². The largest absolute Gasteiger partial charge is 0.390 e. The average Bonchev–Trinajstić information content (AvgIpc) is 3.21. The second-order valence-corrected chi connectivity index (χ2v) is 7.49. The van der Waals surface area contributed by atoms with Gasteiger partial charge in [-0.15, -0.1) is 11.8 Å². The summed E-state index contributed by atoms with van der Waals surface area (Å²) < 4.78 is 0. The van der Waals surface area contributed by atoms with E-state index in [1.54, 1.807) is 18.0 Å². The molecule has 0 radical (unpaired) electrons. The summed E-state index contributed by atoms with van der Waals surface area (Å²) >= 11 is 7.38. The van der Waals surface area contributed by atoms with Crippen LogP contribution in [0.4, 0.5) is 5.82 Å². The first-order valence-electron chi connectivity index (χ1n) is 7.86. The number of aromatic nitrogens is 3.